The molecule has 7 heteroatoms. The third-order valence-electron chi connectivity index (χ3n) is 4.13. The number of anilines is 1. The highest BCUT2D eigenvalue weighted by atomic mass is 32.2. The minimum atomic E-state index is -3.46. The molecule has 0 bridgehead atoms. The summed E-state index contributed by atoms with van der Waals surface area (Å²) in [4.78, 5) is 13.8. The molecule has 116 valence electrons. The number of nitriles is 1. The van der Waals surface area contributed by atoms with Gasteiger partial charge in [-0.15, -0.1) is 0 Å². The van der Waals surface area contributed by atoms with E-state index in [1.54, 1.807) is 23.1 Å². The van der Waals surface area contributed by atoms with Crippen LogP contribution in [0.15, 0.2) is 23.1 Å². The Labute approximate surface area is 130 Å². The van der Waals surface area contributed by atoms with Crippen LogP contribution in [0.25, 0.3) is 0 Å². The second-order valence-electron chi connectivity index (χ2n) is 5.53. The molecule has 1 saturated heterocycles. The molecule has 0 atom stereocenters. The van der Waals surface area contributed by atoms with E-state index in [1.165, 1.54) is 4.31 Å². The maximum absolute atomic E-state index is 12.6. The molecule has 1 fully saturated rings. The number of sulfonamides is 1. The van der Waals surface area contributed by atoms with E-state index in [9.17, 15) is 13.2 Å². The fourth-order valence-electron chi connectivity index (χ4n) is 3.00. The fraction of sp³-hybridized carbons (Fsp3) is 0.467. The van der Waals surface area contributed by atoms with Crippen molar-refractivity contribution in [1.29, 1.82) is 5.26 Å². The van der Waals surface area contributed by atoms with Gasteiger partial charge in [-0.25, -0.2) is 8.42 Å². The van der Waals surface area contributed by atoms with Crippen molar-refractivity contribution < 1.29 is 13.2 Å². The molecule has 22 heavy (non-hydrogen) atoms. The highest BCUT2D eigenvalue weighted by Crippen LogP contribution is 2.32. The molecule has 0 radical (unpaired) electrons. The summed E-state index contributed by atoms with van der Waals surface area (Å²) < 4.78 is 26.6. The third-order valence-corrected chi connectivity index (χ3v) is 6.03. The van der Waals surface area contributed by atoms with E-state index in [2.05, 4.69) is 0 Å². The first-order valence-corrected chi connectivity index (χ1v) is 8.78. The molecule has 0 unspecified atom stereocenters. The monoisotopic (exact) mass is 319 g/mol. The van der Waals surface area contributed by atoms with Gasteiger partial charge < -0.3 is 4.90 Å². The molecule has 0 saturated carbocycles. The topological polar surface area (TPSA) is 81.5 Å². The van der Waals surface area contributed by atoms with Gasteiger partial charge in [-0.05, 0) is 36.6 Å². The van der Waals surface area contributed by atoms with Gasteiger partial charge in [-0.1, -0.05) is 0 Å². The molecule has 6 nitrogen and oxygen atoms in total. The van der Waals surface area contributed by atoms with Crippen LogP contribution in [0, 0.1) is 11.3 Å². The van der Waals surface area contributed by atoms with Gasteiger partial charge in [0.2, 0.25) is 15.9 Å². The molecule has 0 aromatic heterocycles. The summed E-state index contributed by atoms with van der Waals surface area (Å²) in [5, 5.41) is 8.66. The van der Waals surface area contributed by atoms with E-state index < -0.39 is 10.0 Å². The zero-order chi connectivity index (χ0) is 15.7. The summed E-state index contributed by atoms with van der Waals surface area (Å²) in [6.07, 6.45) is 2.25. The minimum absolute atomic E-state index is 0.0824. The van der Waals surface area contributed by atoms with E-state index in [1.807, 2.05) is 6.07 Å². The Morgan fingerprint density at radius 1 is 1.23 bits per heavy atom. The molecule has 2 heterocycles. The molecule has 0 N–H and O–H groups in total. The number of hydrogen-bond donors (Lipinski definition) is 0. The Balaban J connectivity index is 1.91. The van der Waals surface area contributed by atoms with E-state index in [0.717, 1.165) is 24.1 Å². The molecule has 0 spiro atoms. The van der Waals surface area contributed by atoms with Gasteiger partial charge in [0, 0.05) is 25.3 Å². The van der Waals surface area contributed by atoms with Gasteiger partial charge in [0.1, 0.15) is 0 Å². The molecule has 1 aromatic rings. The Hall–Kier alpha value is -1.91. The lowest BCUT2D eigenvalue weighted by molar-refractivity contribution is -0.117. The van der Waals surface area contributed by atoms with Crippen LogP contribution in [0.2, 0.25) is 0 Å². The van der Waals surface area contributed by atoms with Crippen molar-refractivity contribution in [2.45, 2.75) is 30.6 Å². The van der Waals surface area contributed by atoms with Crippen LogP contribution in [0.3, 0.4) is 0 Å². The Morgan fingerprint density at radius 2 is 1.95 bits per heavy atom. The second kappa shape index (κ2) is 5.71. The number of carbonyl (C=O) groups is 1. The Kier molecular flexibility index (Phi) is 3.89. The molecule has 1 aromatic carbocycles. The molecule has 3 rings (SSSR count). The van der Waals surface area contributed by atoms with Crippen molar-refractivity contribution in [2.75, 3.05) is 24.5 Å². The first kappa shape index (κ1) is 15.0. The highest BCUT2D eigenvalue weighted by molar-refractivity contribution is 7.89. The fourth-order valence-corrected chi connectivity index (χ4v) is 4.57. The molecule has 2 aliphatic heterocycles. The van der Waals surface area contributed by atoms with Crippen molar-refractivity contribution in [3.63, 3.8) is 0 Å². The van der Waals surface area contributed by atoms with Crippen LogP contribution in [0.1, 0.15) is 24.8 Å². The lowest BCUT2D eigenvalue weighted by atomic mass is 10.2. The van der Waals surface area contributed by atoms with Gasteiger partial charge in [0.15, 0.2) is 0 Å². The molecule has 0 aliphatic carbocycles. The smallest absolute Gasteiger partial charge is 0.243 e. The predicted molar refractivity (Wildman–Crippen MR) is 80.7 cm³/mol. The molecular formula is C15H17N3O3S. The largest absolute Gasteiger partial charge is 0.311 e. The van der Waals surface area contributed by atoms with Crippen LogP contribution in [-0.2, 0) is 21.2 Å². The van der Waals surface area contributed by atoms with Crippen LogP contribution in [0.4, 0.5) is 5.69 Å². The maximum Gasteiger partial charge on any atom is 0.243 e. The zero-order valence-corrected chi connectivity index (χ0v) is 13.0. The Bertz CT molecular complexity index is 746. The van der Waals surface area contributed by atoms with E-state index in [-0.39, 0.29) is 23.6 Å². The van der Waals surface area contributed by atoms with Crippen LogP contribution < -0.4 is 4.90 Å². The standard InChI is InChI=1S/C15H17N3O3S/c16-6-3-9-18-14-5-4-13(10-12(14)11-15(18)19)22(20,21)17-7-1-2-8-17/h4-5,10H,1-3,7-9,11H2. The lowest BCUT2D eigenvalue weighted by Gasteiger charge is -2.18. The number of fused-ring (bicyclic) bond motifs is 1. The summed E-state index contributed by atoms with van der Waals surface area (Å²) in [7, 11) is -3.46. The number of nitrogens with zero attached hydrogens (tertiary/aromatic N) is 3. The van der Waals surface area contributed by atoms with E-state index in [0.29, 0.717) is 19.6 Å². The third kappa shape index (κ3) is 2.49. The number of amides is 1. The number of rotatable bonds is 4. The number of hydrogen-bond acceptors (Lipinski definition) is 4. The van der Waals surface area contributed by atoms with Gasteiger partial charge >= 0.3 is 0 Å². The zero-order valence-electron chi connectivity index (χ0n) is 12.2. The normalized spacial score (nSPS) is 18.5. The average molecular weight is 319 g/mol. The SMILES string of the molecule is N#CCCN1C(=O)Cc2cc(S(=O)(=O)N3CCCC3)ccc21. The van der Waals surface area contributed by atoms with E-state index >= 15 is 0 Å². The maximum atomic E-state index is 12.6. The predicted octanol–water partition coefficient (Wildman–Crippen LogP) is 1.27. The lowest BCUT2D eigenvalue weighted by Crippen LogP contribution is -2.28. The quantitative estimate of drug-likeness (QED) is 0.837. The van der Waals surface area contributed by atoms with Gasteiger partial charge in [-0.3, -0.25) is 4.79 Å². The highest BCUT2D eigenvalue weighted by Gasteiger charge is 2.31. The van der Waals surface area contributed by atoms with Crippen molar-refractivity contribution in [3.8, 4) is 6.07 Å². The minimum Gasteiger partial charge on any atom is -0.311 e. The molecule has 2 aliphatic rings. The Morgan fingerprint density at radius 3 is 2.64 bits per heavy atom. The average Bonchev–Trinajstić information content (AvgIpc) is 3.12. The van der Waals surface area contributed by atoms with Gasteiger partial charge in [0.05, 0.1) is 23.8 Å². The summed E-state index contributed by atoms with van der Waals surface area (Å²) >= 11 is 0. The van der Waals surface area contributed by atoms with Crippen LogP contribution >= 0.6 is 0 Å². The van der Waals surface area contributed by atoms with Crippen molar-refractivity contribution in [3.05, 3.63) is 23.8 Å². The van der Waals surface area contributed by atoms with Crippen molar-refractivity contribution in [1.82, 2.24) is 4.31 Å². The van der Waals surface area contributed by atoms with E-state index in [4.69, 9.17) is 5.26 Å². The van der Waals surface area contributed by atoms with Crippen LogP contribution in [0.5, 0.6) is 0 Å². The second-order valence-corrected chi connectivity index (χ2v) is 7.47. The summed E-state index contributed by atoms with van der Waals surface area (Å²) in [6, 6.07) is 6.87. The summed E-state index contributed by atoms with van der Waals surface area (Å²) in [6.45, 7) is 1.47. The van der Waals surface area contributed by atoms with Gasteiger partial charge in [-0.2, -0.15) is 9.57 Å². The molecule has 1 amide bonds. The van der Waals surface area contributed by atoms with Crippen LogP contribution in [-0.4, -0.2) is 38.3 Å². The summed E-state index contributed by atoms with van der Waals surface area (Å²) in [5.41, 5.74) is 1.45. The first-order chi connectivity index (χ1) is 10.5. The number of benzene rings is 1. The summed E-state index contributed by atoms with van der Waals surface area (Å²) in [5.74, 6) is -0.0824. The van der Waals surface area contributed by atoms with Crippen molar-refractivity contribution in [2.24, 2.45) is 0 Å². The number of carbonyl (C=O) groups excluding carboxylic acids is 1. The first-order valence-electron chi connectivity index (χ1n) is 7.34. The van der Waals surface area contributed by atoms with Gasteiger partial charge in [0.25, 0.3) is 0 Å². The van der Waals surface area contributed by atoms with Crippen molar-refractivity contribution >= 4 is 21.6 Å². The molecular weight excluding hydrogens is 302 g/mol.